The van der Waals surface area contributed by atoms with Gasteiger partial charge in [-0.25, -0.2) is 4.63 Å². The summed E-state index contributed by atoms with van der Waals surface area (Å²) in [6.45, 7) is 2.38. The van der Waals surface area contributed by atoms with Gasteiger partial charge in [-0.3, -0.25) is 14.6 Å². The Hall–Kier alpha value is -3.26. The minimum Gasteiger partial charge on any atom is -0.306 e. The fourth-order valence-corrected chi connectivity index (χ4v) is 4.29. The summed E-state index contributed by atoms with van der Waals surface area (Å²) in [6, 6.07) is 8.81. The molecule has 8 nitrogen and oxygen atoms in total. The Balaban J connectivity index is 1.77. The van der Waals surface area contributed by atoms with E-state index in [4.69, 9.17) is 16.2 Å². The maximum atomic E-state index is 13.4. The molecule has 2 amide bonds. The number of pyridine rings is 1. The standard InChI is InChI=1S/C19H14ClN5O3/c1-11-16(23-28-22-11)18(27)25-9-8-24-17(26)14-6-7-21-10-15(14)19(24,25)12-2-4-13(20)5-3-12/h2-7,10H,8-9H2,1H3. The maximum absolute atomic E-state index is 13.4. The largest absolute Gasteiger partial charge is 0.306 e. The van der Waals surface area contributed by atoms with E-state index >= 15 is 0 Å². The van der Waals surface area contributed by atoms with Crippen LogP contribution in [-0.2, 0) is 5.66 Å². The predicted octanol–water partition coefficient (Wildman–Crippen LogP) is 2.24. The van der Waals surface area contributed by atoms with E-state index in [0.717, 1.165) is 5.56 Å². The molecule has 0 bridgehead atoms. The number of aromatic nitrogens is 3. The number of halogens is 1. The van der Waals surface area contributed by atoms with Crippen LogP contribution in [0, 0.1) is 6.92 Å². The van der Waals surface area contributed by atoms with Gasteiger partial charge < -0.3 is 9.80 Å². The normalized spacial score (nSPS) is 20.4. The molecule has 1 atom stereocenters. The smallest absolute Gasteiger partial charge is 0.280 e. The zero-order valence-corrected chi connectivity index (χ0v) is 15.6. The molecule has 9 heteroatoms. The van der Waals surface area contributed by atoms with Crippen molar-refractivity contribution < 1.29 is 14.2 Å². The average Bonchev–Trinajstić information content (AvgIpc) is 3.37. The fourth-order valence-electron chi connectivity index (χ4n) is 4.16. The molecule has 2 aliphatic heterocycles. The number of amides is 2. The zero-order chi connectivity index (χ0) is 19.5. The first-order valence-corrected chi connectivity index (χ1v) is 9.06. The molecule has 140 valence electrons. The van der Waals surface area contributed by atoms with Crippen LogP contribution in [0.5, 0.6) is 0 Å². The SMILES string of the molecule is Cc1nonc1C(=O)N1CCN2C(=O)c3ccncc3C21c1ccc(Cl)cc1. The number of rotatable bonds is 2. The lowest BCUT2D eigenvalue weighted by Crippen LogP contribution is -2.51. The van der Waals surface area contributed by atoms with Crippen LogP contribution < -0.4 is 0 Å². The van der Waals surface area contributed by atoms with E-state index in [-0.39, 0.29) is 17.5 Å². The third-order valence-electron chi connectivity index (χ3n) is 5.35. The molecule has 0 radical (unpaired) electrons. The Morgan fingerprint density at radius 3 is 2.68 bits per heavy atom. The summed E-state index contributed by atoms with van der Waals surface area (Å²) in [5.41, 5.74) is 1.33. The van der Waals surface area contributed by atoms with Gasteiger partial charge in [0.2, 0.25) is 0 Å². The summed E-state index contributed by atoms with van der Waals surface area (Å²) in [7, 11) is 0. The van der Waals surface area contributed by atoms with Crippen LogP contribution in [-0.4, -0.2) is 50.0 Å². The highest BCUT2D eigenvalue weighted by Crippen LogP contribution is 2.49. The van der Waals surface area contributed by atoms with Gasteiger partial charge in [0, 0.05) is 41.6 Å². The second-order valence-corrected chi connectivity index (χ2v) is 7.15. The van der Waals surface area contributed by atoms with E-state index in [2.05, 4.69) is 15.3 Å². The van der Waals surface area contributed by atoms with Crippen LogP contribution in [0.4, 0.5) is 0 Å². The van der Waals surface area contributed by atoms with E-state index in [1.807, 2.05) is 12.1 Å². The van der Waals surface area contributed by atoms with E-state index in [1.54, 1.807) is 47.3 Å². The van der Waals surface area contributed by atoms with Gasteiger partial charge in [-0.2, -0.15) is 0 Å². The molecule has 0 aliphatic carbocycles. The summed E-state index contributed by atoms with van der Waals surface area (Å²) < 4.78 is 4.72. The molecular formula is C19H14ClN5O3. The van der Waals surface area contributed by atoms with Crippen molar-refractivity contribution in [2.45, 2.75) is 12.6 Å². The molecule has 1 unspecified atom stereocenters. The molecule has 1 fully saturated rings. The Labute approximate surface area is 164 Å². The first kappa shape index (κ1) is 16.9. The zero-order valence-electron chi connectivity index (χ0n) is 14.8. The number of aryl methyl sites for hydroxylation is 1. The average molecular weight is 396 g/mol. The van der Waals surface area contributed by atoms with Gasteiger partial charge in [0.05, 0.1) is 5.56 Å². The molecule has 28 heavy (non-hydrogen) atoms. The minimum absolute atomic E-state index is 0.125. The Bertz CT molecular complexity index is 1110. The highest BCUT2D eigenvalue weighted by atomic mass is 35.5. The van der Waals surface area contributed by atoms with Crippen molar-refractivity contribution in [2.24, 2.45) is 0 Å². The molecular weight excluding hydrogens is 382 g/mol. The third kappa shape index (κ3) is 2.03. The number of hydrogen-bond donors (Lipinski definition) is 0. The van der Waals surface area contributed by atoms with Crippen LogP contribution in [0.25, 0.3) is 0 Å². The minimum atomic E-state index is -1.12. The Kier molecular flexibility index (Phi) is 3.54. The first-order valence-electron chi connectivity index (χ1n) is 8.68. The van der Waals surface area contributed by atoms with Gasteiger partial charge in [0.15, 0.2) is 11.4 Å². The van der Waals surface area contributed by atoms with Crippen LogP contribution in [0.3, 0.4) is 0 Å². The number of hydrogen-bond acceptors (Lipinski definition) is 6. The summed E-state index contributed by atoms with van der Waals surface area (Å²) in [5.74, 6) is -0.502. The second-order valence-electron chi connectivity index (χ2n) is 6.71. The van der Waals surface area contributed by atoms with Crippen molar-refractivity contribution in [2.75, 3.05) is 13.1 Å². The quantitative estimate of drug-likeness (QED) is 0.660. The topological polar surface area (TPSA) is 92.4 Å². The Morgan fingerprint density at radius 1 is 1.18 bits per heavy atom. The van der Waals surface area contributed by atoms with Crippen molar-refractivity contribution >= 4 is 23.4 Å². The number of carbonyl (C=O) groups is 2. The number of carbonyl (C=O) groups excluding carboxylic acids is 2. The van der Waals surface area contributed by atoms with Gasteiger partial charge in [-0.05, 0) is 30.3 Å². The number of fused-ring (bicyclic) bond motifs is 3. The lowest BCUT2D eigenvalue weighted by atomic mass is 9.91. The Morgan fingerprint density at radius 2 is 1.96 bits per heavy atom. The third-order valence-corrected chi connectivity index (χ3v) is 5.60. The molecule has 5 rings (SSSR count). The second kappa shape index (κ2) is 5.87. The van der Waals surface area contributed by atoms with Crippen LogP contribution >= 0.6 is 11.6 Å². The first-order chi connectivity index (χ1) is 13.5. The molecule has 2 aliphatic rings. The monoisotopic (exact) mass is 395 g/mol. The van der Waals surface area contributed by atoms with Crippen molar-refractivity contribution in [3.63, 3.8) is 0 Å². The van der Waals surface area contributed by atoms with Gasteiger partial charge in [0.25, 0.3) is 11.8 Å². The van der Waals surface area contributed by atoms with Crippen molar-refractivity contribution in [3.8, 4) is 0 Å². The lowest BCUT2D eigenvalue weighted by molar-refractivity contribution is 0.0367. The van der Waals surface area contributed by atoms with Gasteiger partial charge >= 0.3 is 0 Å². The predicted molar refractivity (Wildman–Crippen MR) is 97.6 cm³/mol. The molecule has 0 saturated carbocycles. The van der Waals surface area contributed by atoms with Crippen LogP contribution in [0.2, 0.25) is 5.02 Å². The van der Waals surface area contributed by atoms with Crippen LogP contribution in [0.1, 0.15) is 37.7 Å². The van der Waals surface area contributed by atoms with Gasteiger partial charge in [-0.1, -0.05) is 28.9 Å². The lowest BCUT2D eigenvalue weighted by Gasteiger charge is -2.39. The summed E-state index contributed by atoms with van der Waals surface area (Å²) in [5, 5.41) is 8.05. The molecule has 1 aromatic carbocycles. The van der Waals surface area contributed by atoms with E-state index in [0.29, 0.717) is 34.9 Å². The highest BCUT2D eigenvalue weighted by molar-refractivity contribution is 6.30. The van der Waals surface area contributed by atoms with E-state index in [9.17, 15) is 9.59 Å². The van der Waals surface area contributed by atoms with Crippen molar-refractivity contribution in [1.82, 2.24) is 25.1 Å². The number of benzene rings is 1. The summed E-state index contributed by atoms with van der Waals surface area (Å²) in [6.07, 6.45) is 3.22. The molecule has 1 saturated heterocycles. The molecule has 4 heterocycles. The summed E-state index contributed by atoms with van der Waals surface area (Å²) >= 11 is 6.08. The van der Waals surface area contributed by atoms with Gasteiger partial charge in [0.1, 0.15) is 5.69 Å². The van der Waals surface area contributed by atoms with Gasteiger partial charge in [-0.15, -0.1) is 0 Å². The summed E-state index contributed by atoms with van der Waals surface area (Å²) in [4.78, 5) is 34.1. The fraction of sp³-hybridized carbons (Fsp3) is 0.211. The molecule has 3 aromatic rings. The molecule has 0 spiro atoms. The van der Waals surface area contributed by atoms with Crippen LogP contribution in [0.15, 0.2) is 47.4 Å². The maximum Gasteiger partial charge on any atom is 0.280 e. The van der Waals surface area contributed by atoms with E-state index < -0.39 is 5.66 Å². The van der Waals surface area contributed by atoms with Crippen molar-refractivity contribution in [3.05, 3.63) is 75.8 Å². The molecule has 2 aromatic heterocycles. The molecule has 0 N–H and O–H groups in total. The highest BCUT2D eigenvalue weighted by Gasteiger charge is 2.60. The van der Waals surface area contributed by atoms with E-state index in [1.165, 1.54) is 0 Å². The number of nitrogens with zero attached hydrogens (tertiary/aromatic N) is 5. The van der Waals surface area contributed by atoms with Crippen molar-refractivity contribution in [1.29, 1.82) is 0 Å².